The molecule has 0 aliphatic rings. The maximum atomic E-state index is 12.0. The van der Waals surface area contributed by atoms with Gasteiger partial charge in [-0.15, -0.1) is 0 Å². The van der Waals surface area contributed by atoms with Crippen molar-refractivity contribution in [3.63, 3.8) is 0 Å². The molecule has 1 rings (SSSR count). The Morgan fingerprint density at radius 2 is 1.65 bits per heavy atom. The highest BCUT2D eigenvalue weighted by molar-refractivity contribution is 5.98. The van der Waals surface area contributed by atoms with Gasteiger partial charge in [-0.1, -0.05) is 13.8 Å². The van der Waals surface area contributed by atoms with Crippen LogP contribution in [0.15, 0.2) is 6.07 Å². The number of hydrogen-bond donors (Lipinski definition) is 2. The molecule has 1 aromatic heterocycles. The van der Waals surface area contributed by atoms with Crippen LogP contribution in [-0.2, 0) is 7.05 Å². The van der Waals surface area contributed by atoms with Gasteiger partial charge in [0.25, 0.3) is 11.8 Å². The second kappa shape index (κ2) is 7.07. The molecule has 20 heavy (non-hydrogen) atoms. The molecule has 0 aliphatic heterocycles. The van der Waals surface area contributed by atoms with Crippen LogP contribution in [-0.4, -0.2) is 33.7 Å². The van der Waals surface area contributed by atoms with Crippen molar-refractivity contribution in [1.29, 1.82) is 0 Å². The topological polar surface area (TPSA) is 76.0 Å². The molecule has 1 aromatic rings. The van der Waals surface area contributed by atoms with Crippen molar-refractivity contribution in [2.45, 2.75) is 52.6 Å². The summed E-state index contributed by atoms with van der Waals surface area (Å²) in [6, 6.07) is 1.70. The lowest BCUT2D eigenvalue weighted by Crippen LogP contribution is -2.33. The fraction of sp³-hybridized carbons (Fsp3) is 0.643. The van der Waals surface area contributed by atoms with Crippen molar-refractivity contribution in [2.24, 2.45) is 7.05 Å². The molecule has 0 saturated carbocycles. The molecule has 112 valence electrons. The van der Waals surface area contributed by atoms with Crippen molar-refractivity contribution in [3.05, 3.63) is 17.5 Å². The van der Waals surface area contributed by atoms with Crippen molar-refractivity contribution in [1.82, 2.24) is 20.4 Å². The molecular weight excluding hydrogens is 256 g/mol. The normalized spacial score (nSPS) is 13.7. The van der Waals surface area contributed by atoms with Crippen LogP contribution in [0.4, 0.5) is 0 Å². The predicted octanol–water partition coefficient (Wildman–Crippen LogP) is 1.48. The molecule has 0 radical (unpaired) electrons. The summed E-state index contributed by atoms with van der Waals surface area (Å²) in [5.74, 6) is -0.463. The Kier molecular flexibility index (Phi) is 5.73. The Hall–Kier alpha value is -1.85. The average Bonchev–Trinajstić information content (AvgIpc) is 2.80. The summed E-state index contributed by atoms with van der Waals surface area (Å²) in [6.45, 7) is 7.86. The average molecular weight is 280 g/mol. The van der Waals surface area contributed by atoms with E-state index in [0.29, 0.717) is 5.69 Å². The molecule has 0 spiro atoms. The first-order valence-electron chi connectivity index (χ1n) is 7.04. The zero-order valence-electron chi connectivity index (χ0n) is 12.9. The summed E-state index contributed by atoms with van der Waals surface area (Å²) in [5.41, 5.74) is 0.654. The number of rotatable bonds is 6. The van der Waals surface area contributed by atoms with Gasteiger partial charge in [0.1, 0.15) is 5.69 Å². The second-order valence-electron chi connectivity index (χ2n) is 5.10. The van der Waals surface area contributed by atoms with E-state index in [1.54, 1.807) is 7.05 Å². The molecule has 0 aromatic carbocycles. The van der Waals surface area contributed by atoms with Crippen LogP contribution < -0.4 is 10.6 Å². The van der Waals surface area contributed by atoms with Gasteiger partial charge >= 0.3 is 0 Å². The maximum absolute atomic E-state index is 12.0. The van der Waals surface area contributed by atoms with Gasteiger partial charge in [0.05, 0.1) is 0 Å². The molecule has 0 fully saturated rings. The number of aryl methyl sites for hydroxylation is 1. The molecule has 1 heterocycles. The Balaban J connectivity index is 2.82. The molecular formula is C14H24N4O2. The minimum Gasteiger partial charge on any atom is -0.348 e. The standard InChI is InChI=1S/C14H24N4O2/c1-6-9(3)15-13(19)11-8-12(18(5)17-11)14(20)16-10(4)7-2/h8-10H,6-7H2,1-5H3,(H,15,19)(H,16,20)/t9-,10+/m1/s1. The summed E-state index contributed by atoms with van der Waals surface area (Å²) in [5, 5.41) is 9.79. The van der Waals surface area contributed by atoms with Gasteiger partial charge in [-0.2, -0.15) is 5.10 Å². The van der Waals surface area contributed by atoms with E-state index in [1.165, 1.54) is 10.7 Å². The van der Waals surface area contributed by atoms with E-state index in [2.05, 4.69) is 15.7 Å². The fourth-order valence-electron chi connectivity index (χ4n) is 1.59. The van der Waals surface area contributed by atoms with Crippen molar-refractivity contribution in [2.75, 3.05) is 0 Å². The van der Waals surface area contributed by atoms with Gasteiger partial charge in [0, 0.05) is 25.2 Å². The van der Waals surface area contributed by atoms with E-state index in [0.717, 1.165) is 12.8 Å². The van der Waals surface area contributed by atoms with Crippen LogP contribution in [0.2, 0.25) is 0 Å². The van der Waals surface area contributed by atoms with E-state index in [-0.39, 0.29) is 29.6 Å². The smallest absolute Gasteiger partial charge is 0.272 e. The number of hydrogen-bond acceptors (Lipinski definition) is 3. The van der Waals surface area contributed by atoms with Crippen LogP contribution in [0, 0.1) is 0 Å². The molecule has 6 heteroatoms. The number of nitrogens with one attached hydrogen (secondary N) is 2. The van der Waals surface area contributed by atoms with E-state index >= 15 is 0 Å². The van der Waals surface area contributed by atoms with Gasteiger partial charge in [0.2, 0.25) is 0 Å². The highest BCUT2D eigenvalue weighted by atomic mass is 16.2. The zero-order chi connectivity index (χ0) is 15.3. The Bertz CT molecular complexity index is 482. The lowest BCUT2D eigenvalue weighted by molar-refractivity contribution is 0.0923. The highest BCUT2D eigenvalue weighted by Crippen LogP contribution is 2.05. The molecule has 0 aliphatic carbocycles. The summed E-state index contributed by atoms with van der Waals surface area (Å²) < 4.78 is 1.43. The molecule has 0 unspecified atom stereocenters. The lowest BCUT2D eigenvalue weighted by Gasteiger charge is -2.10. The van der Waals surface area contributed by atoms with Crippen molar-refractivity contribution in [3.8, 4) is 0 Å². The van der Waals surface area contributed by atoms with E-state index in [4.69, 9.17) is 0 Å². The quantitative estimate of drug-likeness (QED) is 0.828. The van der Waals surface area contributed by atoms with Crippen molar-refractivity contribution >= 4 is 11.8 Å². The van der Waals surface area contributed by atoms with Crippen LogP contribution in [0.25, 0.3) is 0 Å². The van der Waals surface area contributed by atoms with E-state index in [1.807, 2.05) is 27.7 Å². The largest absolute Gasteiger partial charge is 0.348 e. The maximum Gasteiger partial charge on any atom is 0.272 e. The van der Waals surface area contributed by atoms with Gasteiger partial charge in [0.15, 0.2) is 5.69 Å². The first-order chi connectivity index (χ1) is 9.38. The summed E-state index contributed by atoms with van der Waals surface area (Å²) >= 11 is 0. The minimum atomic E-state index is -0.252. The summed E-state index contributed by atoms with van der Waals surface area (Å²) in [4.78, 5) is 24.0. The number of carbonyl (C=O) groups is 2. The summed E-state index contributed by atoms with van der Waals surface area (Å²) in [7, 11) is 1.66. The van der Waals surface area contributed by atoms with Gasteiger partial charge < -0.3 is 10.6 Å². The van der Waals surface area contributed by atoms with Crippen LogP contribution >= 0.6 is 0 Å². The van der Waals surface area contributed by atoms with Gasteiger partial charge in [-0.3, -0.25) is 14.3 Å². The predicted molar refractivity (Wildman–Crippen MR) is 77.6 cm³/mol. The second-order valence-corrected chi connectivity index (χ2v) is 5.10. The third-order valence-corrected chi connectivity index (χ3v) is 3.32. The van der Waals surface area contributed by atoms with E-state index < -0.39 is 0 Å². The molecule has 0 saturated heterocycles. The Morgan fingerprint density at radius 1 is 1.15 bits per heavy atom. The number of aromatic nitrogens is 2. The third-order valence-electron chi connectivity index (χ3n) is 3.32. The fourth-order valence-corrected chi connectivity index (χ4v) is 1.59. The van der Waals surface area contributed by atoms with E-state index in [9.17, 15) is 9.59 Å². The highest BCUT2D eigenvalue weighted by Gasteiger charge is 2.19. The minimum absolute atomic E-state index is 0.0851. The monoisotopic (exact) mass is 280 g/mol. The summed E-state index contributed by atoms with van der Waals surface area (Å²) in [6.07, 6.45) is 1.70. The zero-order valence-corrected chi connectivity index (χ0v) is 12.9. The molecule has 2 N–H and O–H groups in total. The number of amides is 2. The van der Waals surface area contributed by atoms with Crippen LogP contribution in [0.3, 0.4) is 0 Å². The van der Waals surface area contributed by atoms with Crippen molar-refractivity contribution < 1.29 is 9.59 Å². The Morgan fingerprint density at radius 3 is 2.15 bits per heavy atom. The van der Waals surface area contributed by atoms with Crippen LogP contribution in [0.1, 0.15) is 61.5 Å². The third kappa shape index (κ3) is 4.08. The van der Waals surface area contributed by atoms with Gasteiger partial charge in [-0.25, -0.2) is 0 Å². The lowest BCUT2D eigenvalue weighted by atomic mass is 10.2. The number of carbonyl (C=O) groups excluding carboxylic acids is 2. The molecule has 0 bridgehead atoms. The Labute approximate surface area is 119 Å². The number of nitrogens with zero attached hydrogens (tertiary/aromatic N) is 2. The first kappa shape index (κ1) is 16.2. The SMILES string of the molecule is CC[C@@H](C)NC(=O)c1cc(C(=O)N[C@@H](C)CC)n(C)n1. The molecule has 2 atom stereocenters. The first-order valence-corrected chi connectivity index (χ1v) is 7.04. The molecule has 6 nitrogen and oxygen atoms in total. The molecule has 2 amide bonds. The van der Waals surface area contributed by atoms with Gasteiger partial charge in [-0.05, 0) is 26.7 Å². The van der Waals surface area contributed by atoms with Crippen LogP contribution in [0.5, 0.6) is 0 Å².